The van der Waals surface area contributed by atoms with Crippen LogP contribution in [0.1, 0.15) is 37.3 Å². The monoisotopic (exact) mass is 413 g/mol. The fraction of sp³-hybridized carbons (Fsp3) is 0.500. The van der Waals surface area contributed by atoms with Gasteiger partial charge >= 0.3 is 6.09 Å². The summed E-state index contributed by atoms with van der Waals surface area (Å²) < 4.78 is 5.24. The zero-order valence-electron chi connectivity index (χ0n) is 17.2. The summed E-state index contributed by atoms with van der Waals surface area (Å²) in [5.41, 5.74) is 1.67. The fourth-order valence-electron chi connectivity index (χ4n) is 4.19. The summed E-state index contributed by atoms with van der Waals surface area (Å²) in [6.45, 7) is 7.85. The summed E-state index contributed by atoms with van der Waals surface area (Å²) in [5.74, 6) is 0.111. The molecular weight excluding hydrogens is 386 g/mol. The van der Waals surface area contributed by atoms with Crippen LogP contribution in [-0.2, 0) is 16.0 Å². The molecule has 2 aliphatic rings. The summed E-state index contributed by atoms with van der Waals surface area (Å²) in [5, 5.41) is 0.958. The molecule has 0 radical (unpaired) electrons. The highest BCUT2D eigenvalue weighted by Crippen LogP contribution is 2.31. The van der Waals surface area contributed by atoms with Gasteiger partial charge in [0, 0.05) is 29.6 Å². The molecule has 3 heterocycles. The molecule has 4 rings (SSSR count). The van der Waals surface area contributed by atoms with Crippen molar-refractivity contribution < 1.29 is 14.3 Å². The Morgan fingerprint density at radius 2 is 1.93 bits per heavy atom. The van der Waals surface area contributed by atoms with Crippen LogP contribution in [0.2, 0.25) is 0 Å². The minimum absolute atomic E-state index is 0.111. The van der Waals surface area contributed by atoms with Crippen molar-refractivity contribution in [1.82, 2.24) is 14.8 Å². The van der Waals surface area contributed by atoms with E-state index in [0.717, 1.165) is 34.0 Å². The van der Waals surface area contributed by atoms with Gasteiger partial charge in [-0.05, 0) is 33.6 Å². The summed E-state index contributed by atoms with van der Waals surface area (Å²) in [7, 11) is 0. The number of thiazole rings is 1. The Morgan fingerprint density at radius 3 is 2.55 bits per heavy atom. The molecule has 0 atom stereocenters. The quantitative estimate of drug-likeness (QED) is 0.763. The smallest absolute Gasteiger partial charge is 0.410 e. The van der Waals surface area contributed by atoms with Gasteiger partial charge in [-0.1, -0.05) is 30.3 Å². The van der Waals surface area contributed by atoms with Crippen LogP contribution in [-0.4, -0.2) is 58.1 Å². The van der Waals surface area contributed by atoms with E-state index in [1.54, 1.807) is 11.3 Å². The van der Waals surface area contributed by atoms with Gasteiger partial charge in [-0.25, -0.2) is 9.78 Å². The van der Waals surface area contributed by atoms with Crippen molar-refractivity contribution in [1.29, 1.82) is 0 Å². The highest BCUT2D eigenvalue weighted by atomic mass is 32.1. The zero-order valence-corrected chi connectivity index (χ0v) is 18.0. The van der Waals surface area contributed by atoms with Gasteiger partial charge in [0.1, 0.15) is 11.6 Å². The van der Waals surface area contributed by atoms with Gasteiger partial charge in [0.2, 0.25) is 5.91 Å². The van der Waals surface area contributed by atoms with Crippen LogP contribution in [0, 0.1) is 6.92 Å². The molecule has 0 aliphatic carbocycles. The predicted molar refractivity (Wildman–Crippen MR) is 113 cm³/mol. The largest absolute Gasteiger partial charge is 0.447 e. The molecular formula is C22H27N3O3S. The predicted octanol–water partition coefficient (Wildman–Crippen LogP) is 3.88. The van der Waals surface area contributed by atoms with Crippen molar-refractivity contribution in [3.8, 4) is 10.6 Å². The summed E-state index contributed by atoms with van der Waals surface area (Å²) in [6, 6.07) is 10.2. The standard InChI is InChI=1S/C22H27N3O3S/c1-15-18(23-20(29-15)16-7-5-4-6-8-16)13-19(26)24-11-9-17(10-12-24)25-21(27)28-14-22(25,2)3/h4-8,17H,9-14H2,1-3H3. The van der Waals surface area contributed by atoms with E-state index >= 15 is 0 Å². The molecule has 0 unspecified atom stereocenters. The van der Waals surface area contributed by atoms with Gasteiger partial charge in [0.05, 0.1) is 17.7 Å². The number of amides is 2. The first-order chi connectivity index (χ1) is 13.8. The normalized spacial score (nSPS) is 19.5. The number of aromatic nitrogens is 1. The van der Waals surface area contributed by atoms with Gasteiger partial charge in [0.25, 0.3) is 0 Å². The second kappa shape index (κ2) is 7.78. The van der Waals surface area contributed by atoms with E-state index < -0.39 is 0 Å². The Balaban J connectivity index is 1.37. The Bertz CT molecular complexity index is 901. The van der Waals surface area contributed by atoms with Gasteiger partial charge < -0.3 is 9.64 Å². The van der Waals surface area contributed by atoms with E-state index in [-0.39, 0.29) is 23.6 Å². The number of rotatable bonds is 4. The average Bonchev–Trinajstić information content (AvgIpc) is 3.21. The summed E-state index contributed by atoms with van der Waals surface area (Å²) >= 11 is 1.63. The lowest BCUT2D eigenvalue weighted by atomic mass is 9.97. The van der Waals surface area contributed by atoms with E-state index in [4.69, 9.17) is 9.72 Å². The maximum absolute atomic E-state index is 12.9. The molecule has 0 spiro atoms. The highest BCUT2D eigenvalue weighted by Gasteiger charge is 2.44. The number of carbonyl (C=O) groups is 2. The molecule has 1 aromatic carbocycles. The minimum atomic E-state index is -0.278. The number of piperidine rings is 1. The molecule has 154 valence electrons. The van der Waals surface area contributed by atoms with Crippen molar-refractivity contribution in [2.24, 2.45) is 0 Å². The van der Waals surface area contributed by atoms with Crippen LogP contribution >= 0.6 is 11.3 Å². The van der Waals surface area contributed by atoms with Gasteiger partial charge in [-0.15, -0.1) is 11.3 Å². The van der Waals surface area contributed by atoms with Crippen LogP contribution in [0.5, 0.6) is 0 Å². The van der Waals surface area contributed by atoms with E-state index in [0.29, 0.717) is 26.1 Å². The molecule has 1 aromatic heterocycles. The third-order valence-electron chi connectivity index (χ3n) is 5.81. The first-order valence-corrected chi connectivity index (χ1v) is 10.9. The number of hydrogen-bond acceptors (Lipinski definition) is 5. The number of likely N-dealkylation sites (tertiary alicyclic amines) is 1. The number of cyclic esters (lactones) is 1. The fourth-order valence-corrected chi connectivity index (χ4v) is 5.13. The maximum Gasteiger partial charge on any atom is 0.410 e. The Kier molecular flexibility index (Phi) is 5.34. The molecule has 2 saturated heterocycles. The second-order valence-electron chi connectivity index (χ2n) is 8.41. The maximum atomic E-state index is 12.9. The molecule has 6 nitrogen and oxygen atoms in total. The topological polar surface area (TPSA) is 62.7 Å². The van der Waals surface area contributed by atoms with Gasteiger partial charge in [0.15, 0.2) is 0 Å². The third kappa shape index (κ3) is 4.01. The van der Waals surface area contributed by atoms with Crippen LogP contribution < -0.4 is 0 Å². The lowest BCUT2D eigenvalue weighted by Gasteiger charge is -2.40. The van der Waals surface area contributed by atoms with Gasteiger partial charge in [-0.2, -0.15) is 0 Å². The van der Waals surface area contributed by atoms with Crippen molar-refractivity contribution in [2.45, 2.75) is 51.6 Å². The summed E-state index contributed by atoms with van der Waals surface area (Å²) in [6.07, 6.45) is 1.67. The molecule has 29 heavy (non-hydrogen) atoms. The average molecular weight is 414 g/mol. The number of benzene rings is 1. The number of hydrogen-bond donors (Lipinski definition) is 0. The molecule has 2 aliphatic heterocycles. The van der Waals surface area contributed by atoms with Crippen LogP contribution in [0.15, 0.2) is 30.3 Å². The first kappa shape index (κ1) is 19.9. The number of carbonyl (C=O) groups excluding carboxylic acids is 2. The van der Waals surface area contributed by atoms with E-state index in [2.05, 4.69) is 0 Å². The Hall–Kier alpha value is -2.41. The lowest BCUT2D eigenvalue weighted by Crippen LogP contribution is -2.53. The number of ether oxygens (including phenoxy) is 1. The molecule has 0 bridgehead atoms. The second-order valence-corrected chi connectivity index (χ2v) is 9.62. The van der Waals surface area contributed by atoms with Crippen LogP contribution in [0.25, 0.3) is 10.6 Å². The Morgan fingerprint density at radius 1 is 1.24 bits per heavy atom. The SMILES string of the molecule is Cc1sc(-c2ccccc2)nc1CC(=O)N1CCC(N2C(=O)OCC2(C)C)CC1. The molecule has 2 amide bonds. The zero-order chi connectivity index (χ0) is 20.6. The molecule has 2 fully saturated rings. The van der Waals surface area contributed by atoms with Crippen molar-refractivity contribution in [3.63, 3.8) is 0 Å². The minimum Gasteiger partial charge on any atom is -0.447 e. The van der Waals surface area contributed by atoms with Crippen molar-refractivity contribution in [2.75, 3.05) is 19.7 Å². The lowest BCUT2D eigenvalue weighted by molar-refractivity contribution is -0.132. The van der Waals surface area contributed by atoms with Crippen LogP contribution in [0.4, 0.5) is 4.79 Å². The first-order valence-electron chi connectivity index (χ1n) is 10.1. The van der Waals surface area contributed by atoms with Crippen LogP contribution in [0.3, 0.4) is 0 Å². The van der Waals surface area contributed by atoms with E-state index in [1.807, 2.05) is 60.9 Å². The third-order valence-corrected chi connectivity index (χ3v) is 6.87. The number of nitrogens with zero attached hydrogens (tertiary/aromatic N) is 3. The van der Waals surface area contributed by atoms with Gasteiger partial charge in [-0.3, -0.25) is 9.69 Å². The molecule has 0 saturated carbocycles. The van der Waals surface area contributed by atoms with Crippen molar-refractivity contribution in [3.05, 3.63) is 40.9 Å². The number of aryl methyl sites for hydroxylation is 1. The molecule has 2 aromatic rings. The molecule has 0 N–H and O–H groups in total. The molecule has 7 heteroatoms. The van der Waals surface area contributed by atoms with Crippen molar-refractivity contribution >= 4 is 23.3 Å². The highest BCUT2D eigenvalue weighted by molar-refractivity contribution is 7.15. The van der Waals surface area contributed by atoms with E-state index in [9.17, 15) is 9.59 Å². The van der Waals surface area contributed by atoms with E-state index in [1.165, 1.54) is 0 Å². The Labute approximate surface area is 175 Å². The summed E-state index contributed by atoms with van der Waals surface area (Å²) in [4.78, 5) is 34.6.